The van der Waals surface area contributed by atoms with Crippen molar-refractivity contribution in [3.8, 4) is 11.1 Å². The van der Waals surface area contributed by atoms with Gasteiger partial charge in [0.1, 0.15) is 5.82 Å². The Hall–Kier alpha value is -1.87. The van der Waals surface area contributed by atoms with Crippen LogP contribution in [0.2, 0.25) is 0 Å². The molecule has 0 spiro atoms. The lowest BCUT2D eigenvalue weighted by Gasteiger charge is -2.25. The highest BCUT2D eigenvalue weighted by Crippen LogP contribution is 2.37. The Morgan fingerprint density at radius 1 is 1.14 bits per heavy atom. The second-order valence-electron chi connectivity index (χ2n) is 6.39. The number of fused-ring (bicyclic) bond motifs is 3. The molecule has 0 aliphatic carbocycles. The van der Waals surface area contributed by atoms with Crippen LogP contribution in [0.3, 0.4) is 0 Å². The van der Waals surface area contributed by atoms with Gasteiger partial charge < -0.3 is 10.2 Å². The van der Waals surface area contributed by atoms with Crippen LogP contribution in [0.5, 0.6) is 0 Å². The highest BCUT2D eigenvalue weighted by Gasteiger charge is 2.30. The van der Waals surface area contributed by atoms with E-state index in [-0.39, 0.29) is 5.82 Å². The van der Waals surface area contributed by atoms with Gasteiger partial charge in [-0.25, -0.2) is 4.39 Å². The molecule has 2 nitrogen and oxygen atoms in total. The maximum atomic E-state index is 13.6. The van der Waals surface area contributed by atoms with E-state index in [9.17, 15) is 4.39 Å². The second kappa shape index (κ2) is 5.40. The van der Waals surface area contributed by atoms with Gasteiger partial charge >= 0.3 is 0 Å². The quantitative estimate of drug-likeness (QED) is 0.866. The number of halogens is 1. The van der Waals surface area contributed by atoms with Crippen molar-refractivity contribution in [3.05, 3.63) is 53.3 Å². The zero-order valence-electron chi connectivity index (χ0n) is 12.9. The van der Waals surface area contributed by atoms with Gasteiger partial charge in [0.25, 0.3) is 0 Å². The number of nitrogens with zero attached hydrogens (tertiary/aromatic N) is 1. The van der Waals surface area contributed by atoms with Gasteiger partial charge in [-0.2, -0.15) is 0 Å². The van der Waals surface area contributed by atoms with Crippen LogP contribution in [0.15, 0.2) is 36.4 Å². The molecule has 2 aromatic rings. The number of rotatable bonds is 1. The minimum absolute atomic E-state index is 0.169. The highest BCUT2D eigenvalue weighted by molar-refractivity contribution is 5.74. The molecule has 0 amide bonds. The molecule has 1 saturated heterocycles. The average molecular weight is 296 g/mol. The van der Waals surface area contributed by atoms with Crippen LogP contribution in [0.25, 0.3) is 11.1 Å². The van der Waals surface area contributed by atoms with E-state index in [1.807, 2.05) is 13.0 Å². The standard InChI is InChI=1S/C19H21FN2/c1-13-2-5-16(20)12-18(13)14-3-4-15-10-17-6-7-21-8-9-22(17)19(15)11-14/h2-5,11-12,17,21H,6-10H2,1H3. The summed E-state index contributed by atoms with van der Waals surface area (Å²) in [7, 11) is 0. The molecule has 4 rings (SSSR count). The summed E-state index contributed by atoms with van der Waals surface area (Å²) >= 11 is 0. The molecular formula is C19H21FN2. The van der Waals surface area contributed by atoms with Gasteiger partial charge in [0.2, 0.25) is 0 Å². The lowest BCUT2D eigenvalue weighted by Crippen LogP contribution is -2.32. The molecule has 2 aliphatic heterocycles. The normalized spacial score (nSPS) is 20.5. The van der Waals surface area contributed by atoms with E-state index in [0.717, 1.165) is 42.7 Å². The molecule has 0 bridgehead atoms. The predicted octanol–water partition coefficient (Wildman–Crippen LogP) is 3.53. The predicted molar refractivity (Wildman–Crippen MR) is 88.9 cm³/mol. The molecule has 22 heavy (non-hydrogen) atoms. The number of anilines is 1. The fourth-order valence-electron chi connectivity index (χ4n) is 3.79. The lowest BCUT2D eigenvalue weighted by atomic mass is 9.98. The molecule has 1 unspecified atom stereocenters. The average Bonchev–Trinajstić information content (AvgIpc) is 2.70. The van der Waals surface area contributed by atoms with Crippen LogP contribution < -0.4 is 10.2 Å². The molecule has 3 heteroatoms. The maximum absolute atomic E-state index is 13.6. The van der Waals surface area contributed by atoms with Crippen molar-refractivity contribution >= 4 is 5.69 Å². The minimum Gasteiger partial charge on any atom is -0.367 e. The third kappa shape index (κ3) is 2.30. The first kappa shape index (κ1) is 13.8. The first-order valence-corrected chi connectivity index (χ1v) is 8.09. The molecule has 1 atom stereocenters. The Morgan fingerprint density at radius 2 is 2.05 bits per heavy atom. The topological polar surface area (TPSA) is 15.3 Å². The van der Waals surface area contributed by atoms with E-state index in [2.05, 4.69) is 28.4 Å². The zero-order valence-corrected chi connectivity index (χ0v) is 12.9. The Kier molecular flexibility index (Phi) is 3.38. The molecule has 0 saturated carbocycles. The van der Waals surface area contributed by atoms with Gasteiger partial charge in [0.05, 0.1) is 0 Å². The Labute approximate surface area is 131 Å². The van der Waals surface area contributed by atoms with Crippen LogP contribution in [-0.4, -0.2) is 25.7 Å². The van der Waals surface area contributed by atoms with Gasteiger partial charge in [-0.3, -0.25) is 0 Å². The Bertz CT molecular complexity index is 711. The van der Waals surface area contributed by atoms with Gasteiger partial charge in [-0.1, -0.05) is 18.2 Å². The van der Waals surface area contributed by atoms with Gasteiger partial charge in [0.15, 0.2) is 0 Å². The first-order chi connectivity index (χ1) is 10.7. The van der Waals surface area contributed by atoms with Crippen LogP contribution >= 0.6 is 0 Å². The number of nitrogens with one attached hydrogen (secondary N) is 1. The summed E-state index contributed by atoms with van der Waals surface area (Å²) in [5.74, 6) is -0.169. The summed E-state index contributed by atoms with van der Waals surface area (Å²) in [5.41, 5.74) is 6.01. The Balaban J connectivity index is 1.76. The third-order valence-corrected chi connectivity index (χ3v) is 4.99. The van der Waals surface area contributed by atoms with Crippen LogP contribution in [0, 0.1) is 12.7 Å². The van der Waals surface area contributed by atoms with E-state index < -0.39 is 0 Å². The molecule has 2 aromatic carbocycles. The Morgan fingerprint density at radius 3 is 2.95 bits per heavy atom. The minimum atomic E-state index is -0.169. The summed E-state index contributed by atoms with van der Waals surface area (Å²) in [6, 6.07) is 12.3. The van der Waals surface area contributed by atoms with Crippen molar-refractivity contribution < 1.29 is 4.39 Å². The van der Waals surface area contributed by atoms with Crippen molar-refractivity contribution in [1.29, 1.82) is 0 Å². The number of benzene rings is 2. The molecule has 1 fully saturated rings. The smallest absolute Gasteiger partial charge is 0.123 e. The molecular weight excluding hydrogens is 275 g/mol. The fraction of sp³-hybridized carbons (Fsp3) is 0.368. The lowest BCUT2D eigenvalue weighted by molar-refractivity contribution is 0.612. The summed E-state index contributed by atoms with van der Waals surface area (Å²) in [6.07, 6.45) is 2.34. The molecule has 0 radical (unpaired) electrons. The van der Waals surface area contributed by atoms with Crippen LogP contribution in [-0.2, 0) is 6.42 Å². The van der Waals surface area contributed by atoms with E-state index in [0.29, 0.717) is 6.04 Å². The summed E-state index contributed by atoms with van der Waals surface area (Å²) in [4.78, 5) is 2.54. The van der Waals surface area contributed by atoms with Crippen LogP contribution in [0.4, 0.5) is 10.1 Å². The largest absolute Gasteiger partial charge is 0.367 e. The van der Waals surface area contributed by atoms with Crippen molar-refractivity contribution in [3.63, 3.8) is 0 Å². The first-order valence-electron chi connectivity index (χ1n) is 8.09. The van der Waals surface area contributed by atoms with Gasteiger partial charge in [-0.15, -0.1) is 0 Å². The monoisotopic (exact) mass is 296 g/mol. The molecule has 0 aromatic heterocycles. The van der Waals surface area contributed by atoms with Gasteiger partial charge in [-0.05, 0) is 66.8 Å². The molecule has 2 aliphatic rings. The highest BCUT2D eigenvalue weighted by atomic mass is 19.1. The van der Waals surface area contributed by atoms with Crippen molar-refractivity contribution in [2.45, 2.75) is 25.8 Å². The fourth-order valence-corrected chi connectivity index (χ4v) is 3.79. The SMILES string of the molecule is Cc1ccc(F)cc1-c1ccc2c(c1)N1CCNCCC1C2. The van der Waals surface area contributed by atoms with Crippen LogP contribution in [0.1, 0.15) is 17.5 Å². The van der Waals surface area contributed by atoms with Crippen molar-refractivity contribution in [1.82, 2.24) is 5.32 Å². The van der Waals surface area contributed by atoms with Crippen molar-refractivity contribution in [2.24, 2.45) is 0 Å². The van der Waals surface area contributed by atoms with E-state index in [4.69, 9.17) is 0 Å². The van der Waals surface area contributed by atoms with Gasteiger partial charge in [0, 0.05) is 24.8 Å². The molecule has 1 N–H and O–H groups in total. The van der Waals surface area contributed by atoms with Crippen molar-refractivity contribution in [2.75, 3.05) is 24.5 Å². The van der Waals surface area contributed by atoms with E-state index in [1.54, 1.807) is 6.07 Å². The summed E-state index contributed by atoms with van der Waals surface area (Å²) < 4.78 is 13.6. The van der Waals surface area contributed by atoms with E-state index >= 15 is 0 Å². The summed E-state index contributed by atoms with van der Waals surface area (Å²) in [5, 5.41) is 3.48. The summed E-state index contributed by atoms with van der Waals surface area (Å²) in [6.45, 7) is 5.24. The molecule has 2 heterocycles. The number of aryl methyl sites for hydroxylation is 1. The molecule has 114 valence electrons. The van der Waals surface area contributed by atoms with E-state index in [1.165, 1.54) is 23.7 Å². The number of hydrogen-bond donors (Lipinski definition) is 1. The maximum Gasteiger partial charge on any atom is 0.123 e. The zero-order chi connectivity index (χ0) is 15.1. The third-order valence-electron chi connectivity index (χ3n) is 4.99. The number of hydrogen-bond acceptors (Lipinski definition) is 2. The second-order valence-corrected chi connectivity index (χ2v) is 6.39.